The molecule has 2 aromatic rings. The lowest BCUT2D eigenvalue weighted by molar-refractivity contribution is 0.0736. The van der Waals surface area contributed by atoms with E-state index in [2.05, 4.69) is 36.7 Å². The molecule has 1 aliphatic rings. The van der Waals surface area contributed by atoms with E-state index in [4.69, 9.17) is 0 Å². The SMILES string of the molecule is CC(C)(C)c1ccc(/C(=C/Br)N2C(=O)c3ccccc3C2=O)cc1. The van der Waals surface area contributed by atoms with E-state index in [1.54, 1.807) is 29.3 Å². The summed E-state index contributed by atoms with van der Waals surface area (Å²) in [4.78, 5) is 28.2. The summed E-state index contributed by atoms with van der Waals surface area (Å²) in [6.07, 6.45) is 0. The molecule has 0 aliphatic carbocycles. The van der Waals surface area contributed by atoms with Gasteiger partial charge in [0.15, 0.2) is 0 Å². The second kappa shape index (κ2) is 6.02. The summed E-state index contributed by atoms with van der Waals surface area (Å²) in [6, 6.07) is 14.9. The summed E-state index contributed by atoms with van der Waals surface area (Å²) in [5, 5.41) is 0. The van der Waals surface area contributed by atoms with Crippen molar-refractivity contribution >= 4 is 33.4 Å². The normalized spacial score (nSPS) is 15.0. The van der Waals surface area contributed by atoms with Crippen molar-refractivity contribution in [3.05, 3.63) is 75.8 Å². The van der Waals surface area contributed by atoms with Gasteiger partial charge in [-0.2, -0.15) is 0 Å². The molecule has 1 aliphatic heterocycles. The van der Waals surface area contributed by atoms with Gasteiger partial charge < -0.3 is 0 Å². The Labute approximate surface area is 150 Å². The maximum atomic E-state index is 12.7. The van der Waals surface area contributed by atoms with Gasteiger partial charge in [-0.15, -0.1) is 0 Å². The molecule has 3 rings (SSSR count). The average Bonchev–Trinajstić information content (AvgIpc) is 2.81. The first-order chi connectivity index (χ1) is 11.3. The molecule has 0 atom stereocenters. The van der Waals surface area contributed by atoms with Gasteiger partial charge in [-0.1, -0.05) is 73.1 Å². The lowest BCUT2D eigenvalue weighted by Crippen LogP contribution is -2.28. The molecule has 0 N–H and O–H groups in total. The van der Waals surface area contributed by atoms with Crippen molar-refractivity contribution in [2.75, 3.05) is 0 Å². The minimum absolute atomic E-state index is 0.0479. The molecule has 0 radical (unpaired) electrons. The number of amides is 2. The topological polar surface area (TPSA) is 37.4 Å². The Morgan fingerprint density at radius 2 is 1.42 bits per heavy atom. The molecule has 0 aromatic heterocycles. The second-order valence-corrected chi connectivity index (χ2v) is 7.27. The molecule has 0 saturated heterocycles. The van der Waals surface area contributed by atoms with Gasteiger partial charge in [0.2, 0.25) is 0 Å². The van der Waals surface area contributed by atoms with E-state index < -0.39 is 0 Å². The minimum atomic E-state index is -0.291. The zero-order chi connectivity index (χ0) is 17.5. The molecular formula is C20H18BrNO2. The van der Waals surface area contributed by atoms with Crippen molar-refractivity contribution in [1.29, 1.82) is 0 Å². The lowest BCUT2D eigenvalue weighted by Gasteiger charge is -2.21. The smallest absolute Gasteiger partial charge is 0.266 e. The number of carbonyl (C=O) groups excluding carboxylic acids is 2. The summed E-state index contributed by atoms with van der Waals surface area (Å²) < 4.78 is 0. The van der Waals surface area contributed by atoms with Gasteiger partial charge in [0.1, 0.15) is 0 Å². The zero-order valence-corrected chi connectivity index (χ0v) is 15.4. The molecule has 0 bridgehead atoms. The average molecular weight is 384 g/mol. The Balaban J connectivity index is 2.00. The number of imide groups is 1. The highest BCUT2D eigenvalue weighted by atomic mass is 79.9. The number of carbonyl (C=O) groups is 2. The van der Waals surface area contributed by atoms with Crippen LogP contribution >= 0.6 is 15.9 Å². The molecule has 2 aromatic carbocycles. The Morgan fingerprint density at radius 1 is 0.917 bits per heavy atom. The molecule has 24 heavy (non-hydrogen) atoms. The van der Waals surface area contributed by atoms with Crippen LogP contribution in [0.2, 0.25) is 0 Å². The lowest BCUT2D eigenvalue weighted by atomic mass is 9.86. The third-order valence-corrected chi connectivity index (χ3v) is 4.62. The Kier molecular flexibility index (Phi) is 4.18. The van der Waals surface area contributed by atoms with Gasteiger partial charge in [-0.3, -0.25) is 9.59 Å². The molecule has 0 fully saturated rings. The fraction of sp³-hybridized carbons (Fsp3) is 0.200. The van der Waals surface area contributed by atoms with E-state index in [1.165, 1.54) is 10.5 Å². The number of fused-ring (bicyclic) bond motifs is 1. The molecule has 0 saturated carbocycles. The van der Waals surface area contributed by atoms with Crippen LogP contribution in [0.3, 0.4) is 0 Å². The molecular weight excluding hydrogens is 366 g/mol. The highest BCUT2D eigenvalue weighted by Crippen LogP contribution is 2.32. The summed E-state index contributed by atoms with van der Waals surface area (Å²) in [7, 11) is 0. The van der Waals surface area contributed by atoms with Gasteiger partial charge in [-0.05, 0) is 28.7 Å². The van der Waals surface area contributed by atoms with Crippen LogP contribution in [-0.4, -0.2) is 16.7 Å². The highest BCUT2D eigenvalue weighted by molar-refractivity contribution is 9.11. The Morgan fingerprint density at radius 3 is 1.83 bits per heavy atom. The molecule has 1 heterocycles. The van der Waals surface area contributed by atoms with Crippen LogP contribution < -0.4 is 0 Å². The molecule has 122 valence electrons. The summed E-state index contributed by atoms with van der Waals surface area (Å²) in [6.45, 7) is 6.44. The van der Waals surface area contributed by atoms with Gasteiger partial charge >= 0.3 is 0 Å². The van der Waals surface area contributed by atoms with Crippen LogP contribution in [0.5, 0.6) is 0 Å². The molecule has 4 heteroatoms. The van der Waals surface area contributed by atoms with Crippen LogP contribution in [0, 0.1) is 0 Å². The first-order valence-corrected chi connectivity index (χ1v) is 8.65. The monoisotopic (exact) mass is 383 g/mol. The van der Waals surface area contributed by atoms with Crippen molar-refractivity contribution in [2.24, 2.45) is 0 Å². The maximum Gasteiger partial charge on any atom is 0.266 e. The van der Waals surface area contributed by atoms with Crippen molar-refractivity contribution in [2.45, 2.75) is 26.2 Å². The first-order valence-electron chi connectivity index (χ1n) is 7.73. The third kappa shape index (κ3) is 2.71. The number of benzene rings is 2. The van der Waals surface area contributed by atoms with Gasteiger partial charge in [0, 0.05) is 4.99 Å². The highest BCUT2D eigenvalue weighted by Gasteiger charge is 2.37. The fourth-order valence-electron chi connectivity index (χ4n) is 2.79. The predicted molar refractivity (Wildman–Crippen MR) is 99.0 cm³/mol. The largest absolute Gasteiger partial charge is 0.268 e. The number of nitrogens with zero attached hydrogens (tertiary/aromatic N) is 1. The fourth-order valence-corrected chi connectivity index (χ4v) is 3.26. The minimum Gasteiger partial charge on any atom is -0.268 e. The zero-order valence-electron chi connectivity index (χ0n) is 13.8. The van der Waals surface area contributed by atoms with E-state index in [0.717, 1.165) is 5.56 Å². The summed E-state index contributed by atoms with van der Waals surface area (Å²) >= 11 is 3.31. The van der Waals surface area contributed by atoms with Gasteiger partial charge in [-0.25, -0.2) is 4.90 Å². The first kappa shape index (κ1) is 16.7. The van der Waals surface area contributed by atoms with Crippen LogP contribution in [0.4, 0.5) is 0 Å². The van der Waals surface area contributed by atoms with Crippen molar-refractivity contribution in [3.63, 3.8) is 0 Å². The number of halogens is 1. The van der Waals surface area contributed by atoms with Gasteiger partial charge in [0.25, 0.3) is 11.8 Å². The number of hydrogen-bond acceptors (Lipinski definition) is 2. The van der Waals surface area contributed by atoms with Crippen LogP contribution in [0.15, 0.2) is 53.5 Å². The van der Waals surface area contributed by atoms with Crippen molar-refractivity contribution < 1.29 is 9.59 Å². The summed E-state index contributed by atoms with van der Waals surface area (Å²) in [5.74, 6) is -0.581. The van der Waals surface area contributed by atoms with E-state index in [-0.39, 0.29) is 17.2 Å². The van der Waals surface area contributed by atoms with Crippen molar-refractivity contribution in [3.8, 4) is 0 Å². The number of hydrogen-bond donors (Lipinski definition) is 0. The molecule has 3 nitrogen and oxygen atoms in total. The molecule has 2 amide bonds. The van der Waals surface area contributed by atoms with E-state index in [9.17, 15) is 9.59 Å². The van der Waals surface area contributed by atoms with Crippen LogP contribution in [-0.2, 0) is 5.41 Å². The molecule has 0 spiro atoms. The van der Waals surface area contributed by atoms with E-state index in [0.29, 0.717) is 16.8 Å². The summed E-state index contributed by atoms with van der Waals surface area (Å²) in [5.41, 5.74) is 3.49. The van der Waals surface area contributed by atoms with Crippen LogP contribution in [0.1, 0.15) is 52.6 Å². The van der Waals surface area contributed by atoms with E-state index in [1.807, 2.05) is 24.3 Å². The Bertz CT molecular complexity index is 810. The Hall–Kier alpha value is -2.20. The second-order valence-electron chi connectivity index (χ2n) is 6.81. The third-order valence-electron chi connectivity index (χ3n) is 4.19. The van der Waals surface area contributed by atoms with Crippen LogP contribution in [0.25, 0.3) is 5.70 Å². The van der Waals surface area contributed by atoms with Crippen molar-refractivity contribution in [1.82, 2.24) is 4.90 Å². The van der Waals surface area contributed by atoms with E-state index >= 15 is 0 Å². The molecule has 0 unspecified atom stereocenters. The number of rotatable bonds is 2. The quantitative estimate of drug-likeness (QED) is 0.686. The predicted octanol–water partition coefficient (Wildman–Crippen LogP) is 4.97. The maximum absolute atomic E-state index is 12.7. The standard InChI is InChI=1S/C20H18BrNO2/c1-20(2,3)14-10-8-13(9-11-14)17(12-21)22-18(23)15-6-4-5-7-16(15)19(22)24/h4-12H,1-3H3/b17-12-. The van der Waals surface area contributed by atoms with Gasteiger partial charge in [0.05, 0.1) is 16.8 Å².